The summed E-state index contributed by atoms with van der Waals surface area (Å²) in [5, 5.41) is 3.34. The van der Waals surface area contributed by atoms with E-state index in [4.69, 9.17) is 0 Å². The lowest BCUT2D eigenvalue weighted by Gasteiger charge is -2.30. The summed E-state index contributed by atoms with van der Waals surface area (Å²) in [4.78, 5) is 16.4. The fraction of sp³-hybridized carbons (Fsp3) is 0.917. The highest BCUT2D eigenvalue weighted by Crippen LogP contribution is 2.10. The van der Waals surface area contributed by atoms with Gasteiger partial charge >= 0.3 is 0 Å². The molecule has 4 nitrogen and oxygen atoms in total. The summed E-state index contributed by atoms with van der Waals surface area (Å²) in [6.45, 7) is 6.89. The van der Waals surface area contributed by atoms with Gasteiger partial charge in [0, 0.05) is 19.1 Å². The summed E-state index contributed by atoms with van der Waals surface area (Å²) < 4.78 is 0. The summed E-state index contributed by atoms with van der Waals surface area (Å²) >= 11 is 0. The Morgan fingerprint density at radius 1 is 1.56 bits per heavy atom. The molecule has 94 valence electrons. The van der Waals surface area contributed by atoms with E-state index in [2.05, 4.69) is 24.1 Å². The molecule has 0 radical (unpaired) electrons. The van der Waals surface area contributed by atoms with Crippen molar-refractivity contribution in [3.8, 4) is 0 Å². The van der Waals surface area contributed by atoms with Gasteiger partial charge in [0.2, 0.25) is 5.91 Å². The number of carbonyl (C=O) groups excluding carboxylic acids is 1. The maximum atomic E-state index is 12.3. The molecule has 0 aromatic heterocycles. The highest BCUT2D eigenvalue weighted by Gasteiger charge is 2.28. The van der Waals surface area contributed by atoms with E-state index in [-0.39, 0.29) is 11.9 Å². The zero-order chi connectivity index (χ0) is 12.1. The quantitative estimate of drug-likeness (QED) is 0.761. The maximum absolute atomic E-state index is 12.3. The molecule has 0 saturated carbocycles. The van der Waals surface area contributed by atoms with Crippen LogP contribution in [-0.2, 0) is 4.79 Å². The first-order valence-electron chi connectivity index (χ1n) is 6.24. The number of nitrogens with one attached hydrogen (secondary N) is 1. The van der Waals surface area contributed by atoms with Crippen molar-refractivity contribution in [2.45, 2.75) is 38.8 Å². The molecule has 1 N–H and O–H groups in total. The van der Waals surface area contributed by atoms with Crippen molar-refractivity contribution in [3.63, 3.8) is 0 Å². The van der Waals surface area contributed by atoms with E-state index in [0.717, 1.165) is 32.5 Å². The second kappa shape index (κ2) is 6.21. The van der Waals surface area contributed by atoms with Gasteiger partial charge in [0.25, 0.3) is 0 Å². The van der Waals surface area contributed by atoms with E-state index >= 15 is 0 Å². The van der Waals surface area contributed by atoms with Crippen LogP contribution in [0, 0.1) is 0 Å². The zero-order valence-corrected chi connectivity index (χ0v) is 11.0. The summed E-state index contributed by atoms with van der Waals surface area (Å²) in [5.41, 5.74) is 0. The molecule has 0 aliphatic carbocycles. The second-order valence-corrected chi connectivity index (χ2v) is 4.91. The molecule has 0 bridgehead atoms. The first kappa shape index (κ1) is 13.5. The van der Waals surface area contributed by atoms with Crippen LogP contribution in [0.5, 0.6) is 0 Å². The van der Waals surface area contributed by atoms with Crippen LogP contribution >= 0.6 is 0 Å². The number of rotatable bonds is 4. The Bertz CT molecular complexity index is 230. The lowest BCUT2D eigenvalue weighted by Crippen LogP contribution is -2.51. The molecule has 0 aromatic carbocycles. The average Bonchev–Trinajstić information content (AvgIpc) is 2.41. The van der Waals surface area contributed by atoms with Gasteiger partial charge in [0.05, 0.1) is 6.04 Å². The Hall–Kier alpha value is -0.610. The standard InChI is InChI=1S/C12H25N3O/c1-5-10(2)15-8-6-7-13-11(12(15)16)9-14(3)4/h10-11,13H,5-9H2,1-4H3. The van der Waals surface area contributed by atoms with E-state index in [0.29, 0.717) is 6.04 Å². The number of carbonyl (C=O) groups is 1. The third-order valence-corrected chi connectivity index (χ3v) is 3.22. The minimum absolute atomic E-state index is 0.0356. The molecule has 1 fully saturated rings. The number of amides is 1. The van der Waals surface area contributed by atoms with Crippen LogP contribution in [0.15, 0.2) is 0 Å². The Morgan fingerprint density at radius 3 is 2.81 bits per heavy atom. The Labute approximate surface area is 99.0 Å². The third-order valence-electron chi connectivity index (χ3n) is 3.22. The fourth-order valence-corrected chi connectivity index (χ4v) is 2.09. The van der Waals surface area contributed by atoms with Crippen LogP contribution in [0.1, 0.15) is 26.7 Å². The number of nitrogens with zero attached hydrogens (tertiary/aromatic N) is 2. The minimum atomic E-state index is -0.0356. The first-order chi connectivity index (χ1) is 7.56. The molecular formula is C12H25N3O. The Kier molecular flexibility index (Phi) is 5.22. The Morgan fingerprint density at radius 2 is 2.25 bits per heavy atom. The van der Waals surface area contributed by atoms with Crippen LogP contribution in [0.25, 0.3) is 0 Å². The predicted octanol–water partition coefficient (Wildman–Crippen LogP) is 0.537. The van der Waals surface area contributed by atoms with E-state index in [1.54, 1.807) is 0 Å². The summed E-state index contributed by atoms with van der Waals surface area (Å²) in [7, 11) is 4.01. The molecule has 1 amide bonds. The van der Waals surface area contributed by atoms with Gasteiger partial charge in [0.1, 0.15) is 0 Å². The molecule has 2 atom stereocenters. The topological polar surface area (TPSA) is 35.6 Å². The molecular weight excluding hydrogens is 202 g/mol. The second-order valence-electron chi connectivity index (χ2n) is 4.91. The van der Waals surface area contributed by atoms with E-state index in [9.17, 15) is 4.79 Å². The number of likely N-dealkylation sites (N-methyl/N-ethyl adjacent to an activating group) is 1. The fourth-order valence-electron chi connectivity index (χ4n) is 2.09. The zero-order valence-electron chi connectivity index (χ0n) is 11.0. The summed E-state index contributed by atoms with van der Waals surface area (Å²) in [6.07, 6.45) is 2.08. The van der Waals surface area contributed by atoms with E-state index in [1.165, 1.54) is 0 Å². The lowest BCUT2D eigenvalue weighted by molar-refractivity contribution is -0.135. The van der Waals surface area contributed by atoms with Gasteiger partial charge in [-0.2, -0.15) is 0 Å². The highest BCUT2D eigenvalue weighted by atomic mass is 16.2. The monoisotopic (exact) mass is 227 g/mol. The van der Waals surface area contributed by atoms with E-state index in [1.807, 2.05) is 19.0 Å². The molecule has 1 heterocycles. The van der Waals surface area contributed by atoms with Crippen molar-refractivity contribution in [1.29, 1.82) is 0 Å². The van der Waals surface area contributed by atoms with Gasteiger partial charge in [0.15, 0.2) is 0 Å². The Balaban J connectivity index is 2.68. The molecule has 2 unspecified atom stereocenters. The molecule has 1 aliphatic heterocycles. The SMILES string of the molecule is CCC(C)N1CCCNC(CN(C)C)C1=O. The van der Waals surface area contributed by atoms with Crippen molar-refractivity contribution >= 4 is 5.91 Å². The maximum Gasteiger partial charge on any atom is 0.241 e. The van der Waals surface area contributed by atoms with Crippen LogP contribution in [0.3, 0.4) is 0 Å². The van der Waals surface area contributed by atoms with Gasteiger partial charge in [-0.05, 0) is 40.4 Å². The molecule has 4 heteroatoms. The van der Waals surface area contributed by atoms with Crippen molar-refractivity contribution in [2.75, 3.05) is 33.7 Å². The van der Waals surface area contributed by atoms with E-state index < -0.39 is 0 Å². The molecule has 0 aromatic rings. The normalized spacial score (nSPS) is 24.7. The third kappa shape index (κ3) is 3.46. The first-order valence-corrected chi connectivity index (χ1v) is 6.24. The number of hydrogen-bond acceptors (Lipinski definition) is 3. The van der Waals surface area contributed by atoms with Gasteiger partial charge < -0.3 is 15.1 Å². The van der Waals surface area contributed by atoms with Crippen molar-refractivity contribution in [3.05, 3.63) is 0 Å². The van der Waals surface area contributed by atoms with Crippen LogP contribution in [0.2, 0.25) is 0 Å². The largest absolute Gasteiger partial charge is 0.339 e. The van der Waals surface area contributed by atoms with Gasteiger partial charge in [-0.3, -0.25) is 4.79 Å². The van der Waals surface area contributed by atoms with Crippen LogP contribution in [0.4, 0.5) is 0 Å². The minimum Gasteiger partial charge on any atom is -0.339 e. The average molecular weight is 227 g/mol. The van der Waals surface area contributed by atoms with Gasteiger partial charge in [-0.15, -0.1) is 0 Å². The van der Waals surface area contributed by atoms with Crippen LogP contribution in [-0.4, -0.2) is 61.5 Å². The molecule has 1 aliphatic rings. The van der Waals surface area contributed by atoms with Gasteiger partial charge in [-0.1, -0.05) is 6.92 Å². The summed E-state index contributed by atoms with van der Waals surface area (Å²) in [5.74, 6) is 0.264. The number of hydrogen-bond donors (Lipinski definition) is 1. The van der Waals surface area contributed by atoms with Crippen LogP contribution < -0.4 is 5.32 Å². The van der Waals surface area contributed by atoms with Crippen molar-refractivity contribution in [1.82, 2.24) is 15.1 Å². The highest BCUT2D eigenvalue weighted by molar-refractivity contribution is 5.82. The smallest absolute Gasteiger partial charge is 0.241 e. The molecule has 0 spiro atoms. The molecule has 16 heavy (non-hydrogen) atoms. The molecule has 1 saturated heterocycles. The van der Waals surface area contributed by atoms with Crippen molar-refractivity contribution < 1.29 is 4.79 Å². The lowest BCUT2D eigenvalue weighted by atomic mass is 10.1. The van der Waals surface area contributed by atoms with Gasteiger partial charge in [-0.25, -0.2) is 0 Å². The molecule has 1 rings (SSSR count). The predicted molar refractivity (Wildman–Crippen MR) is 66.4 cm³/mol. The summed E-state index contributed by atoms with van der Waals surface area (Å²) in [6, 6.07) is 0.323. The van der Waals surface area contributed by atoms with Crippen molar-refractivity contribution in [2.24, 2.45) is 0 Å².